The third-order valence-electron chi connectivity index (χ3n) is 4.17. The Labute approximate surface area is 155 Å². The molecule has 1 N–H and O–H groups in total. The number of carbonyl (C=O) groups excluding carboxylic acids is 1. The third kappa shape index (κ3) is 15.7. The van der Waals surface area contributed by atoms with Crippen LogP contribution in [-0.2, 0) is 4.79 Å². The lowest BCUT2D eigenvalue weighted by Crippen LogP contribution is -2.24. The van der Waals surface area contributed by atoms with Crippen LogP contribution >= 0.6 is 0 Å². The van der Waals surface area contributed by atoms with Gasteiger partial charge in [-0.05, 0) is 57.8 Å². The zero-order chi connectivity index (χ0) is 18.0. The number of carbonyl (C=O) groups is 1. The Morgan fingerprint density at radius 1 is 0.800 bits per heavy atom. The highest BCUT2D eigenvalue weighted by Gasteiger charge is 2.22. The molecule has 0 saturated heterocycles. The largest absolute Gasteiger partial charge is 0.353 e. The summed E-state index contributed by atoms with van der Waals surface area (Å²) >= 11 is 0. The molecule has 0 spiro atoms. The zero-order valence-electron chi connectivity index (χ0n) is 16.1. The summed E-state index contributed by atoms with van der Waals surface area (Å²) in [6, 6.07) is 0.490. The van der Waals surface area contributed by atoms with Gasteiger partial charge in [0.2, 0.25) is 5.91 Å². The number of amides is 1. The quantitative estimate of drug-likeness (QED) is 0.270. The van der Waals surface area contributed by atoms with Gasteiger partial charge in [0.15, 0.2) is 0 Å². The van der Waals surface area contributed by atoms with Crippen LogP contribution in [-0.4, -0.2) is 11.9 Å². The van der Waals surface area contributed by atoms with Crippen LogP contribution in [0.1, 0.15) is 84.0 Å². The smallest absolute Gasteiger partial charge is 0.220 e. The van der Waals surface area contributed by atoms with Crippen molar-refractivity contribution >= 4 is 5.91 Å². The monoisotopic (exact) mass is 343 g/mol. The van der Waals surface area contributed by atoms with E-state index >= 15 is 0 Å². The van der Waals surface area contributed by atoms with Crippen molar-refractivity contribution in [3.63, 3.8) is 0 Å². The molecular weight excluding hydrogens is 306 g/mol. The summed E-state index contributed by atoms with van der Waals surface area (Å²) in [7, 11) is 0. The van der Waals surface area contributed by atoms with Crippen molar-refractivity contribution in [2.75, 3.05) is 0 Å². The summed E-state index contributed by atoms with van der Waals surface area (Å²) in [5.74, 6) is 0.221. The van der Waals surface area contributed by atoms with Crippen LogP contribution in [0.15, 0.2) is 48.6 Å². The predicted molar refractivity (Wildman–Crippen MR) is 110 cm³/mol. The van der Waals surface area contributed by atoms with Gasteiger partial charge < -0.3 is 5.32 Å². The second-order valence-corrected chi connectivity index (χ2v) is 6.82. The average Bonchev–Trinajstić information content (AvgIpc) is 3.41. The highest BCUT2D eigenvalue weighted by molar-refractivity contribution is 5.76. The average molecular weight is 344 g/mol. The van der Waals surface area contributed by atoms with E-state index < -0.39 is 0 Å². The van der Waals surface area contributed by atoms with Crippen LogP contribution in [0.5, 0.6) is 0 Å². The fraction of sp³-hybridized carbons (Fsp3) is 0.609. The lowest BCUT2D eigenvalue weighted by Gasteiger charge is -2.00. The summed E-state index contributed by atoms with van der Waals surface area (Å²) in [5, 5.41) is 3.02. The van der Waals surface area contributed by atoms with Gasteiger partial charge in [-0.1, -0.05) is 68.4 Å². The fourth-order valence-electron chi connectivity index (χ4n) is 2.47. The van der Waals surface area contributed by atoms with Crippen molar-refractivity contribution in [1.82, 2.24) is 5.32 Å². The number of unbranched alkanes of at least 4 members (excludes halogenated alkanes) is 4. The molecular formula is C23H37NO. The van der Waals surface area contributed by atoms with Crippen molar-refractivity contribution in [2.24, 2.45) is 0 Å². The minimum atomic E-state index is 0.221. The predicted octanol–water partition coefficient (Wildman–Crippen LogP) is 6.41. The van der Waals surface area contributed by atoms with Crippen LogP contribution in [0.4, 0.5) is 0 Å². The Kier molecular flexibility index (Phi) is 13.7. The molecule has 140 valence electrons. The lowest BCUT2D eigenvalue weighted by molar-refractivity contribution is -0.121. The summed E-state index contributed by atoms with van der Waals surface area (Å²) in [6.45, 7) is 2.24. The van der Waals surface area contributed by atoms with Crippen molar-refractivity contribution in [1.29, 1.82) is 0 Å². The molecule has 1 rings (SSSR count). The van der Waals surface area contributed by atoms with Crippen molar-refractivity contribution in [2.45, 2.75) is 90.0 Å². The number of hydrogen-bond donors (Lipinski definition) is 1. The number of rotatable bonds is 15. The molecule has 2 heteroatoms. The topological polar surface area (TPSA) is 29.1 Å². The number of hydrogen-bond acceptors (Lipinski definition) is 1. The van der Waals surface area contributed by atoms with E-state index in [1.54, 1.807) is 0 Å². The second kappa shape index (κ2) is 15.9. The first-order valence-corrected chi connectivity index (χ1v) is 10.2. The van der Waals surface area contributed by atoms with Gasteiger partial charge in [-0.25, -0.2) is 0 Å². The summed E-state index contributed by atoms with van der Waals surface area (Å²) < 4.78 is 0. The SMILES string of the molecule is CCCCC/C=C\C/C=C\C/C=C/C/C=C\CCCC(=O)NC1CC1. The Morgan fingerprint density at radius 2 is 1.32 bits per heavy atom. The summed E-state index contributed by atoms with van der Waals surface area (Å²) in [5.41, 5.74) is 0. The van der Waals surface area contributed by atoms with Gasteiger partial charge in [0, 0.05) is 12.5 Å². The van der Waals surface area contributed by atoms with Gasteiger partial charge in [0.05, 0.1) is 0 Å². The Hall–Kier alpha value is -1.57. The van der Waals surface area contributed by atoms with E-state index in [1.807, 2.05) is 0 Å². The first-order valence-electron chi connectivity index (χ1n) is 10.2. The zero-order valence-corrected chi connectivity index (χ0v) is 16.1. The Morgan fingerprint density at radius 3 is 1.84 bits per heavy atom. The van der Waals surface area contributed by atoms with Crippen molar-refractivity contribution in [3.8, 4) is 0 Å². The second-order valence-electron chi connectivity index (χ2n) is 6.82. The molecule has 0 aliphatic heterocycles. The number of nitrogens with one attached hydrogen (secondary N) is 1. The van der Waals surface area contributed by atoms with Gasteiger partial charge >= 0.3 is 0 Å². The normalized spacial score (nSPS) is 15.2. The van der Waals surface area contributed by atoms with E-state index in [0.717, 1.165) is 32.1 Å². The first-order chi connectivity index (χ1) is 12.3. The molecule has 0 aromatic rings. The van der Waals surface area contributed by atoms with Crippen molar-refractivity contribution in [3.05, 3.63) is 48.6 Å². The maximum atomic E-state index is 11.5. The molecule has 0 atom stereocenters. The van der Waals surface area contributed by atoms with E-state index in [-0.39, 0.29) is 5.91 Å². The van der Waals surface area contributed by atoms with E-state index in [9.17, 15) is 4.79 Å². The van der Waals surface area contributed by atoms with E-state index in [2.05, 4.69) is 60.8 Å². The fourth-order valence-corrected chi connectivity index (χ4v) is 2.47. The highest BCUT2D eigenvalue weighted by Crippen LogP contribution is 2.18. The van der Waals surface area contributed by atoms with Gasteiger partial charge in [-0.2, -0.15) is 0 Å². The molecule has 1 fully saturated rings. The molecule has 1 aliphatic rings. The van der Waals surface area contributed by atoms with Gasteiger partial charge in [-0.15, -0.1) is 0 Å². The molecule has 0 radical (unpaired) electrons. The standard InChI is InChI=1S/C23H37NO/c1-2-3-4-5-6-7-8-9-10-11-12-13-14-15-16-17-18-19-23(25)24-22-20-21-22/h6-7,9-10,12-13,15-16,22H,2-5,8,11,14,17-21H2,1H3,(H,24,25)/b7-6-,10-9-,13-12+,16-15-. The van der Waals surface area contributed by atoms with Gasteiger partial charge in [0.25, 0.3) is 0 Å². The van der Waals surface area contributed by atoms with Gasteiger partial charge in [0.1, 0.15) is 0 Å². The van der Waals surface area contributed by atoms with Gasteiger partial charge in [-0.3, -0.25) is 4.79 Å². The van der Waals surface area contributed by atoms with Crippen LogP contribution < -0.4 is 5.32 Å². The minimum Gasteiger partial charge on any atom is -0.353 e. The first kappa shape index (κ1) is 21.5. The van der Waals surface area contributed by atoms with E-state index in [0.29, 0.717) is 12.5 Å². The molecule has 25 heavy (non-hydrogen) atoms. The maximum Gasteiger partial charge on any atom is 0.220 e. The molecule has 1 aliphatic carbocycles. The summed E-state index contributed by atoms with van der Waals surface area (Å²) in [4.78, 5) is 11.5. The van der Waals surface area contributed by atoms with Crippen LogP contribution in [0.2, 0.25) is 0 Å². The van der Waals surface area contributed by atoms with Crippen LogP contribution in [0.3, 0.4) is 0 Å². The maximum absolute atomic E-state index is 11.5. The molecule has 1 saturated carbocycles. The summed E-state index contributed by atoms with van der Waals surface area (Å²) in [6.07, 6.45) is 31.0. The van der Waals surface area contributed by atoms with Crippen LogP contribution in [0, 0.1) is 0 Å². The molecule has 0 heterocycles. The van der Waals surface area contributed by atoms with E-state index in [4.69, 9.17) is 0 Å². The molecule has 0 aromatic heterocycles. The molecule has 0 unspecified atom stereocenters. The molecule has 0 bridgehead atoms. The third-order valence-corrected chi connectivity index (χ3v) is 4.17. The Balaban J connectivity index is 1.86. The van der Waals surface area contributed by atoms with E-state index in [1.165, 1.54) is 38.5 Å². The molecule has 1 amide bonds. The van der Waals surface area contributed by atoms with Crippen molar-refractivity contribution < 1.29 is 4.79 Å². The lowest BCUT2D eigenvalue weighted by atomic mass is 10.2. The number of allylic oxidation sites excluding steroid dienone is 8. The Bertz CT molecular complexity index is 441. The minimum absolute atomic E-state index is 0.221. The molecule has 0 aromatic carbocycles. The van der Waals surface area contributed by atoms with Crippen LogP contribution in [0.25, 0.3) is 0 Å². The highest BCUT2D eigenvalue weighted by atomic mass is 16.1. The molecule has 2 nitrogen and oxygen atoms in total.